The fourth-order valence-corrected chi connectivity index (χ4v) is 2.57. The number of carbonyl (C=O) groups is 1. The van der Waals surface area contributed by atoms with E-state index in [0.29, 0.717) is 6.42 Å². The first-order chi connectivity index (χ1) is 7.84. The first-order valence-electron chi connectivity index (χ1n) is 5.79. The molecule has 1 aromatic rings. The van der Waals surface area contributed by atoms with Crippen molar-refractivity contribution in [2.45, 2.75) is 40.5 Å². The smallest absolute Gasteiger partial charge is 0.225 e. The van der Waals surface area contributed by atoms with Crippen molar-refractivity contribution in [1.29, 1.82) is 0 Å². The highest BCUT2D eigenvalue weighted by atomic mass is 32.1. The quantitative estimate of drug-likeness (QED) is 0.808. The van der Waals surface area contributed by atoms with Gasteiger partial charge in [0.15, 0.2) is 3.95 Å². The summed E-state index contributed by atoms with van der Waals surface area (Å²) in [6.45, 7) is 9.10. The SMILES string of the molecule is CCC(C)(C)CNC(=O)Cc1sc(=S)[nH]c1C. The van der Waals surface area contributed by atoms with Gasteiger partial charge in [0, 0.05) is 17.1 Å². The lowest BCUT2D eigenvalue weighted by molar-refractivity contribution is -0.120. The van der Waals surface area contributed by atoms with E-state index in [-0.39, 0.29) is 11.3 Å². The topological polar surface area (TPSA) is 44.9 Å². The van der Waals surface area contributed by atoms with Crippen LogP contribution in [-0.2, 0) is 11.2 Å². The molecule has 0 saturated carbocycles. The molecular weight excluding hydrogens is 252 g/mol. The van der Waals surface area contributed by atoms with Gasteiger partial charge < -0.3 is 10.3 Å². The molecule has 0 fully saturated rings. The number of aromatic amines is 1. The van der Waals surface area contributed by atoms with Crippen LogP contribution in [0, 0.1) is 16.3 Å². The van der Waals surface area contributed by atoms with Gasteiger partial charge in [0.25, 0.3) is 0 Å². The Hall–Kier alpha value is -0.680. The molecule has 0 bridgehead atoms. The zero-order valence-electron chi connectivity index (χ0n) is 10.8. The summed E-state index contributed by atoms with van der Waals surface area (Å²) in [5.41, 5.74) is 1.17. The van der Waals surface area contributed by atoms with Gasteiger partial charge in [-0.3, -0.25) is 4.79 Å². The van der Waals surface area contributed by atoms with Gasteiger partial charge in [-0.2, -0.15) is 0 Å². The van der Waals surface area contributed by atoms with Crippen LogP contribution in [0.5, 0.6) is 0 Å². The van der Waals surface area contributed by atoms with Crippen molar-refractivity contribution in [2.24, 2.45) is 5.41 Å². The fourth-order valence-electron chi connectivity index (χ4n) is 1.28. The molecule has 0 aromatic carbocycles. The maximum atomic E-state index is 11.8. The summed E-state index contributed by atoms with van der Waals surface area (Å²) in [6.07, 6.45) is 1.47. The Kier molecular flexibility index (Phi) is 4.89. The normalized spacial score (nSPS) is 11.5. The van der Waals surface area contributed by atoms with E-state index in [0.717, 1.165) is 27.5 Å². The number of amides is 1. The van der Waals surface area contributed by atoms with Crippen molar-refractivity contribution in [3.8, 4) is 0 Å². The molecule has 1 rings (SSSR count). The maximum Gasteiger partial charge on any atom is 0.225 e. The summed E-state index contributed by atoms with van der Waals surface area (Å²) in [5, 5.41) is 2.98. The average molecular weight is 272 g/mol. The van der Waals surface area contributed by atoms with Crippen LogP contribution < -0.4 is 5.32 Å². The predicted molar refractivity (Wildman–Crippen MR) is 75.0 cm³/mol. The summed E-state index contributed by atoms with van der Waals surface area (Å²) in [4.78, 5) is 15.9. The van der Waals surface area contributed by atoms with Gasteiger partial charge in [0.1, 0.15) is 0 Å². The molecule has 2 N–H and O–H groups in total. The summed E-state index contributed by atoms with van der Waals surface area (Å²) in [7, 11) is 0. The highest BCUT2D eigenvalue weighted by Crippen LogP contribution is 2.18. The lowest BCUT2D eigenvalue weighted by atomic mass is 9.90. The Morgan fingerprint density at radius 2 is 2.18 bits per heavy atom. The van der Waals surface area contributed by atoms with Gasteiger partial charge in [-0.25, -0.2) is 0 Å². The lowest BCUT2D eigenvalue weighted by Gasteiger charge is -2.22. The van der Waals surface area contributed by atoms with Gasteiger partial charge in [0.05, 0.1) is 6.42 Å². The summed E-state index contributed by atoms with van der Waals surface area (Å²) >= 11 is 6.53. The monoisotopic (exact) mass is 272 g/mol. The minimum absolute atomic E-state index is 0.0693. The largest absolute Gasteiger partial charge is 0.355 e. The van der Waals surface area contributed by atoms with Crippen LogP contribution >= 0.6 is 23.6 Å². The highest BCUT2D eigenvalue weighted by Gasteiger charge is 2.16. The van der Waals surface area contributed by atoms with E-state index < -0.39 is 0 Å². The van der Waals surface area contributed by atoms with Crippen molar-refractivity contribution < 1.29 is 4.79 Å². The second-order valence-electron chi connectivity index (χ2n) is 5.03. The number of nitrogens with one attached hydrogen (secondary N) is 2. The number of carbonyl (C=O) groups excluding carboxylic acids is 1. The molecule has 96 valence electrons. The predicted octanol–water partition coefficient (Wildman–Crippen LogP) is 3.21. The van der Waals surface area contributed by atoms with Gasteiger partial charge in [-0.15, -0.1) is 11.3 Å². The van der Waals surface area contributed by atoms with Crippen molar-refractivity contribution in [2.75, 3.05) is 6.54 Å². The third kappa shape index (κ3) is 4.60. The number of aromatic nitrogens is 1. The second-order valence-corrected chi connectivity index (χ2v) is 6.81. The molecule has 5 heteroatoms. The van der Waals surface area contributed by atoms with Crippen molar-refractivity contribution >= 4 is 29.5 Å². The van der Waals surface area contributed by atoms with Crippen LogP contribution in [-0.4, -0.2) is 17.4 Å². The van der Waals surface area contributed by atoms with Gasteiger partial charge >= 0.3 is 0 Å². The minimum atomic E-state index is 0.0693. The maximum absolute atomic E-state index is 11.8. The summed E-state index contributed by atoms with van der Waals surface area (Å²) in [6, 6.07) is 0. The molecule has 0 unspecified atom stereocenters. The number of hydrogen-bond acceptors (Lipinski definition) is 3. The van der Waals surface area contributed by atoms with E-state index in [1.54, 1.807) is 0 Å². The molecule has 3 nitrogen and oxygen atoms in total. The summed E-state index contributed by atoms with van der Waals surface area (Å²) in [5.74, 6) is 0.0693. The molecule has 0 spiro atoms. The third-order valence-corrected chi connectivity index (χ3v) is 4.30. The minimum Gasteiger partial charge on any atom is -0.355 e. The van der Waals surface area contributed by atoms with Crippen LogP contribution in [0.1, 0.15) is 37.8 Å². The Bertz CT molecular complexity index is 446. The molecule has 0 saturated heterocycles. The highest BCUT2D eigenvalue weighted by molar-refractivity contribution is 7.73. The number of hydrogen-bond donors (Lipinski definition) is 2. The Morgan fingerprint density at radius 3 is 2.65 bits per heavy atom. The number of rotatable bonds is 5. The molecule has 1 aromatic heterocycles. The average Bonchev–Trinajstić information content (AvgIpc) is 2.55. The van der Waals surface area contributed by atoms with Crippen LogP contribution in [0.3, 0.4) is 0 Å². The van der Waals surface area contributed by atoms with Crippen LogP contribution in [0.2, 0.25) is 0 Å². The lowest BCUT2D eigenvalue weighted by Crippen LogP contribution is -2.34. The van der Waals surface area contributed by atoms with Gasteiger partial charge in [0.2, 0.25) is 5.91 Å². The van der Waals surface area contributed by atoms with Crippen molar-refractivity contribution in [3.63, 3.8) is 0 Å². The van der Waals surface area contributed by atoms with E-state index >= 15 is 0 Å². The van der Waals surface area contributed by atoms with E-state index in [2.05, 4.69) is 31.1 Å². The van der Waals surface area contributed by atoms with Crippen LogP contribution in [0.4, 0.5) is 0 Å². The standard InChI is InChI=1S/C12H20N2OS2/c1-5-12(3,4)7-13-10(15)6-9-8(2)14-11(16)17-9/h5-7H2,1-4H3,(H,13,15)(H,14,16). The molecule has 0 aliphatic heterocycles. The van der Waals surface area contributed by atoms with Crippen LogP contribution in [0.25, 0.3) is 0 Å². The molecule has 0 aliphatic rings. The van der Waals surface area contributed by atoms with Crippen LogP contribution in [0.15, 0.2) is 0 Å². The Morgan fingerprint density at radius 1 is 1.53 bits per heavy atom. The van der Waals surface area contributed by atoms with Crippen molar-refractivity contribution in [3.05, 3.63) is 14.5 Å². The van der Waals surface area contributed by atoms with Gasteiger partial charge in [-0.1, -0.05) is 20.8 Å². The molecule has 17 heavy (non-hydrogen) atoms. The van der Waals surface area contributed by atoms with E-state index in [4.69, 9.17) is 12.2 Å². The second kappa shape index (κ2) is 5.78. The zero-order chi connectivity index (χ0) is 13.1. The Balaban J connectivity index is 2.51. The fraction of sp³-hybridized carbons (Fsp3) is 0.667. The number of aryl methyl sites for hydroxylation is 1. The third-order valence-electron chi connectivity index (χ3n) is 2.97. The molecule has 1 heterocycles. The number of thiazole rings is 1. The van der Waals surface area contributed by atoms with E-state index in [1.165, 1.54) is 11.3 Å². The van der Waals surface area contributed by atoms with Crippen molar-refractivity contribution in [1.82, 2.24) is 10.3 Å². The number of H-pyrrole nitrogens is 1. The Labute approximate surface area is 112 Å². The van der Waals surface area contributed by atoms with Gasteiger partial charge in [-0.05, 0) is 31.0 Å². The molecule has 0 atom stereocenters. The summed E-state index contributed by atoms with van der Waals surface area (Å²) < 4.78 is 0.735. The van der Waals surface area contributed by atoms with E-state index in [9.17, 15) is 4.79 Å². The molecule has 0 aliphatic carbocycles. The molecule has 0 radical (unpaired) electrons. The first kappa shape index (κ1) is 14.4. The molecular formula is C12H20N2OS2. The zero-order valence-corrected chi connectivity index (χ0v) is 12.5. The first-order valence-corrected chi connectivity index (χ1v) is 7.02. The van der Waals surface area contributed by atoms with E-state index in [1.807, 2.05) is 6.92 Å². The molecule has 1 amide bonds.